The van der Waals surface area contributed by atoms with Crippen molar-refractivity contribution in [3.63, 3.8) is 0 Å². The molecule has 0 radical (unpaired) electrons. The lowest BCUT2D eigenvalue weighted by atomic mass is 10.1. The van der Waals surface area contributed by atoms with Crippen molar-refractivity contribution in [1.29, 1.82) is 0 Å². The lowest BCUT2D eigenvalue weighted by Crippen LogP contribution is -2.43. The van der Waals surface area contributed by atoms with Gasteiger partial charge in [0.25, 0.3) is 0 Å². The first-order chi connectivity index (χ1) is 10.7. The summed E-state index contributed by atoms with van der Waals surface area (Å²) in [5.74, 6) is 2.89. The average molecular weight is 300 g/mol. The molecule has 2 aliphatic heterocycles. The number of hydrogen-bond donors (Lipinski definition) is 1. The summed E-state index contributed by atoms with van der Waals surface area (Å²) in [6, 6.07) is 8.22. The van der Waals surface area contributed by atoms with Crippen molar-refractivity contribution in [1.82, 2.24) is 10.2 Å². The molecule has 3 aliphatic rings. The fraction of sp³-hybridized carbons (Fsp3) is 0.611. The van der Waals surface area contributed by atoms with Gasteiger partial charge in [0.15, 0.2) is 0 Å². The minimum atomic E-state index is 0.243. The normalized spacial score (nSPS) is 31.0. The van der Waals surface area contributed by atoms with Crippen LogP contribution in [0.25, 0.3) is 0 Å². The lowest BCUT2D eigenvalue weighted by molar-refractivity contribution is -0.135. The molecule has 4 rings (SSSR count). The van der Waals surface area contributed by atoms with Crippen LogP contribution in [0, 0.1) is 24.7 Å². The van der Waals surface area contributed by atoms with Gasteiger partial charge in [-0.3, -0.25) is 4.79 Å². The number of piperidine rings is 2. The van der Waals surface area contributed by atoms with Gasteiger partial charge >= 0.3 is 0 Å². The fourth-order valence-electron chi connectivity index (χ4n) is 4.00. The number of amides is 1. The van der Waals surface area contributed by atoms with E-state index < -0.39 is 0 Å². The Labute approximate surface area is 131 Å². The van der Waals surface area contributed by atoms with Crippen molar-refractivity contribution < 1.29 is 9.53 Å². The van der Waals surface area contributed by atoms with E-state index >= 15 is 0 Å². The van der Waals surface area contributed by atoms with Crippen LogP contribution in [0.2, 0.25) is 0 Å². The molecule has 22 heavy (non-hydrogen) atoms. The zero-order chi connectivity index (χ0) is 15.1. The number of carbonyl (C=O) groups excluding carboxylic acids is 1. The molecule has 0 bridgehead atoms. The maximum Gasteiger partial charge on any atom is 0.226 e. The van der Waals surface area contributed by atoms with Crippen LogP contribution in [0.4, 0.5) is 0 Å². The van der Waals surface area contributed by atoms with Gasteiger partial charge in [0.1, 0.15) is 11.9 Å². The highest BCUT2D eigenvalue weighted by Gasteiger charge is 2.57. The number of fused-ring (bicyclic) bond motifs is 1. The topological polar surface area (TPSA) is 41.6 Å². The van der Waals surface area contributed by atoms with E-state index in [0.717, 1.165) is 44.8 Å². The van der Waals surface area contributed by atoms with E-state index in [2.05, 4.69) is 29.3 Å². The number of nitrogens with one attached hydrogen (secondary N) is 1. The molecule has 2 heterocycles. The molecule has 3 fully saturated rings. The second-order valence-corrected chi connectivity index (χ2v) is 6.97. The van der Waals surface area contributed by atoms with Crippen molar-refractivity contribution in [2.24, 2.45) is 17.8 Å². The van der Waals surface area contributed by atoms with Crippen LogP contribution < -0.4 is 10.1 Å². The minimum absolute atomic E-state index is 0.243. The number of benzene rings is 1. The van der Waals surface area contributed by atoms with E-state index in [-0.39, 0.29) is 6.10 Å². The molecule has 3 atom stereocenters. The zero-order valence-electron chi connectivity index (χ0n) is 13.1. The molecular weight excluding hydrogens is 276 g/mol. The molecule has 2 saturated heterocycles. The van der Waals surface area contributed by atoms with Crippen LogP contribution in [0.3, 0.4) is 0 Å². The van der Waals surface area contributed by atoms with E-state index in [9.17, 15) is 4.79 Å². The largest absolute Gasteiger partial charge is 0.490 e. The van der Waals surface area contributed by atoms with Crippen molar-refractivity contribution in [2.45, 2.75) is 25.9 Å². The number of ether oxygens (including phenoxy) is 1. The van der Waals surface area contributed by atoms with Gasteiger partial charge in [-0.1, -0.05) is 17.7 Å². The van der Waals surface area contributed by atoms with Gasteiger partial charge in [-0.05, 0) is 44.0 Å². The van der Waals surface area contributed by atoms with E-state index in [0.29, 0.717) is 23.7 Å². The Bertz CT molecular complexity index is 539. The van der Waals surface area contributed by atoms with Crippen LogP contribution in [-0.4, -0.2) is 43.1 Å². The van der Waals surface area contributed by atoms with Gasteiger partial charge in [-0.2, -0.15) is 0 Å². The standard InChI is InChI=1S/C18H24N2O2/c1-12-2-4-13(5-3-12)22-14-6-8-20(9-7-14)18(21)17-15-10-19-11-16(15)17/h2-5,14-17,19H,6-11H2,1H3/t15-,16+,17?. The monoisotopic (exact) mass is 300 g/mol. The van der Waals surface area contributed by atoms with E-state index in [1.54, 1.807) is 0 Å². The quantitative estimate of drug-likeness (QED) is 0.926. The van der Waals surface area contributed by atoms with Gasteiger partial charge in [0, 0.05) is 31.8 Å². The van der Waals surface area contributed by atoms with Crippen molar-refractivity contribution >= 4 is 5.91 Å². The van der Waals surface area contributed by atoms with Crippen LogP contribution in [0.1, 0.15) is 18.4 Å². The van der Waals surface area contributed by atoms with Crippen LogP contribution in [0.15, 0.2) is 24.3 Å². The lowest BCUT2D eigenvalue weighted by Gasteiger charge is -2.32. The molecule has 1 aliphatic carbocycles. The van der Waals surface area contributed by atoms with Crippen LogP contribution >= 0.6 is 0 Å². The second kappa shape index (κ2) is 5.58. The molecule has 0 spiro atoms. The van der Waals surface area contributed by atoms with E-state index in [1.807, 2.05) is 12.1 Å². The van der Waals surface area contributed by atoms with Gasteiger partial charge in [-0.25, -0.2) is 0 Å². The van der Waals surface area contributed by atoms with Crippen molar-refractivity contribution in [3.05, 3.63) is 29.8 Å². The Morgan fingerprint density at radius 3 is 2.41 bits per heavy atom. The molecule has 1 N–H and O–H groups in total. The molecule has 1 unspecified atom stereocenters. The number of aryl methyl sites for hydroxylation is 1. The van der Waals surface area contributed by atoms with Crippen LogP contribution in [-0.2, 0) is 4.79 Å². The van der Waals surface area contributed by atoms with Gasteiger partial charge in [0.2, 0.25) is 5.91 Å². The fourth-order valence-corrected chi connectivity index (χ4v) is 4.00. The molecule has 1 amide bonds. The maximum absolute atomic E-state index is 12.5. The molecule has 1 saturated carbocycles. The number of rotatable bonds is 3. The molecular formula is C18H24N2O2. The summed E-state index contributed by atoms with van der Waals surface area (Å²) in [6.07, 6.45) is 2.13. The predicted molar refractivity (Wildman–Crippen MR) is 84.7 cm³/mol. The number of nitrogens with zero attached hydrogens (tertiary/aromatic N) is 1. The zero-order valence-corrected chi connectivity index (χ0v) is 13.1. The molecule has 118 valence electrons. The van der Waals surface area contributed by atoms with Gasteiger partial charge in [-0.15, -0.1) is 0 Å². The average Bonchev–Trinajstić information content (AvgIpc) is 3.01. The minimum Gasteiger partial charge on any atom is -0.490 e. The molecule has 1 aromatic carbocycles. The molecule has 0 aromatic heterocycles. The Morgan fingerprint density at radius 1 is 1.14 bits per heavy atom. The summed E-state index contributed by atoms with van der Waals surface area (Å²) in [4.78, 5) is 14.6. The number of hydrogen-bond acceptors (Lipinski definition) is 3. The van der Waals surface area contributed by atoms with Crippen LogP contribution in [0.5, 0.6) is 5.75 Å². The van der Waals surface area contributed by atoms with E-state index in [4.69, 9.17) is 4.74 Å². The Kier molecular flexibility index (Phi) is 3.57. The molecule has 4 nitrogen and oxygen atoms in total. The molecule has 4 heteroatoms. The summed E-state index contributed by atoms with van der Waals surface area (Å²) in [5.41, 5.74) is 1.25. The highest BCUT2D eigenvalue weighted by molar-refractivity contribution is 5.82. The highest BCUT2D eigenvalue weighted by atomic mass is 16.5. The first kappa shape index (κ1) is 14.1. The summed E-state index contributed by atoms with van der Waals surface area (Å²) in [7, 11) is 0. The first-order valence-electron chi connectivity index (χ1n) is 8.45. The SMILES string of the molecule is Cc1ccc(OC2CCN(C(=O)C3[C@H]4CNC[C@@H]34)CC2)cc1. The third-order valence-electron chi connectivity index (χ3n) is 5.45. The Hall–Kier alpha value is -1.55. The second-order valence-electron chi connectivity index (χ2n) is 6.97. The first-order valence-corrected chi connectivity index (χ1v) is 8.45. The predicted octanol–water partition coefficient (Wildman–Crippen LogP) is 1.83. The number of likely N-dealkylation sites (tertiary alicyclic amines) is 1. The summed E-state index contributed by atoms with van der Waals surface area (Å²) in [5, 5.41) is 3.36. The van der Waals surface area contributed by atoms with E-state index in [1.165, 1.54) is 5.56 Å². The van der Waals surface area contributed by atoms with Crippen molar-refractivity contribution in [3.8, 4) is 5.75 Å². The van der Waals surface area contributed by atoms with Gasteiger partial charge < -0.3 is 15.0 Å². The summed E-state index contributed by atoms with van der Waals surface area (Å²) >= 11 is 0. The Morgan fingerprint density at radius 2 is 1.77 bits per heavy atom. The highest BCUT2D eigenvalue weighted by Crippen LogP contribution is 2.49. The molecule has 1 aromatic rings. The number of carbonyl (C=O) groups is 1. The summed E-state index contributed by atoms with van der Waals surface area (Å²) < 4.78 is 6.04. The van der Waals surface area contributed by atoms with Crippen molar-refractivity contribution in [2.75, 3.05) is 26.2 Å². The third-order valence-corrected chi connectivity index (χ3v) is 5.45. The Balaban J connectivity index is 1.27. The third kappa shape index (κ3) is 2.60. The summed E-state index contributed by atoms with van der Waals surface area (Å²) in [6.45, 7) is 5.84. The van der Waals surface area contributed by atoms with Gasteiger partial charge in [0.05, 0.1) is 0 Å². The smallest absolute Gasteiger partial charge is 0.226 e. The maximum atomic E-state index is 12.5.